The highest BCUT2D eigenvalue weighted by Gasteiger charge is 2.17. The summed E-state index contributed by atoms with van der Waals surface area (Å²) < 4.78 is 24.6. The first kappa shape index (κ1) is 11.7. The third kappa shape index (κ3) is 2.31. The number of sulfone groups is 1. The number of aromatic nitrogens is 2. The molecule has 1 aromatic carbocycles. The molecule has 0 aliphatic rings. The van der Waals surface area contributed by atoms with Crippen molar-refractivity contribution in [2.24, 2.45) is 0 Å². The molecule has 0 radical (unpaired) electrons. The Morgan fingerprint density at radius 1 is 1.29 bits per heavy atom. The molecular weight excluding hydrogens is 238 g/mol. The Balaban J connectivity index is 2.68. The first-order valence-electron chi connectivity index (χ1n) is 5.00. The van der Waals surface area contributed by atoms with Crippen molar-refractivity contribution < 1.29 is 8.42 Å². The smallest absolute Gasteiger partial charge is 0.192 e. The van der Waals surface area contributed by atoms with E-state index in [1.54, 1.807) is 6.07 Å². The van der Waals surface area contributed by atoms with Crippen LogP contribution in [0.5, 0.6) is 0 Å². The van der Waals surface area contributed by atoms with Crippen LogP contribution in [0.2, 0.25) is 0 Å². The van der Waals surface area contributed by atoms with Crippen molar-refractivity contribution >= 4 is 15.7 Å². The van der Waals surface area contributed by atoms with Crippen LogP contribution in [-0.2, 0) is 9.84 Å². The molecule has 0 fully saturated rings. The summed E-state index contributed by atoms with van der Waals surface area (Å²) in [6.07, 6.45) is 1.13. The number of nitrogen functional groups attached to an aromatic ring is 1. The Hall–Kier alpha value is -1.82. The molecule has 6 heteroatoms. The van der Waals surface area contributed by atoms with E-state index in [0.29, 0.717) is 5.69 Å². The van der Waals surface area contributed by atoms with E-state index in [2.05, 4.69) is 5.10 Å². The van der Waals surface area contributed by atoms with Gasteiger partial charge in [0.1, 0.15) is 5.82 Å². The lowest BCUT2D eigenvalue weighted by molar-refractivity contribution is 0.592. The monoisotopic (exact) mass is 251 g/mol. The molecule has 17 heavy (non-hydrogen) atoms. The summed E-state index contributed by atoms with van der Waals surface area (Å²) in [6, 6.07) is 8.76. The van der Waals surface area contributed by atoms with Crippen molar-refractivity contribution in [2.45, 2.75) is 11.9 Å². The van der Waals surface area contributed by atoms with Gasteiger partial charge in [-0.15, -0.1) is 5.10 Å². The van der Waals surface area contributed by atoms with Crippen LogP contribution < -0.4 is 5.73 Å². The first-order chi connectivity index (χ1) is 7.88. The molecule has 0 aliphatic carbocycles. The Labute approximate surface area is 99.8 Å². The average molecular weight is 251 g/mol. The zero-order valence-corrected chi connectivity index (χ0v) is 10.4. The second kappa shape index (κ2) is 3.89. The lowest BCUT2D eigenvalue weighted by atomic mass is 10.2. The van der Waals surface area contributed by atoms with E-state index in [1.807, 2.05) is 25.1 Å². The zero-order valence-electron chi connectivity index (χ0n) is 9.58. The van der Waals surface area contributed by atoms with E-state index in [9.17, 15) is 8.42 Å². The number of rotatable bonds is 2. The van der Waals surface area contributed by atoms with Crippen LogP contribution in [0.1, 0.15) is 5.56 Å². The molecule has 0 aliphatic heterocycles. The molecule has 0 amide bonds. The predicted molar refractivity (Wildman–Crippen MR) is 65.8 cm³/mol. The third-order valence-electron chi connectivity index (χ3n) is 2.32. The van der Waals surface area contributed by atoms with Gasteiger partial charge in [0, 0.05) is 12.3 Å². The SMILES string of the molecule is Cc1cccc(-n2nc(N)cc2S(C)(=O)=O)c1. The van der Waals surface area contributed by atoms with Crippen LogP contribution in [0.15, 0.2) is 35.4 Å². The molecule has 5 nitrogen and oxygen atoms in total. The van der Waals surface area contributed by atoms with Gasteiger partial charge in [-0.1, -0.05) is 12.1 Å². The van der Waals surface area contributed by atoms with Gasteiger partial charge in [-0.25, -0.2) is 13.1 Å². The standard InChI is InChI=1S/C11H13N3O2S/c1-8-4-3-5-9(6-8)14-11(17(2,15)16)7-10(12)13-14/h3-7H,1-2H3,(H2,12,13). The average Bonchev–Trinajstić information content (AvgIpc) is 2.60. The molecule has 1 heterocycles. The third-order valence-corrected chi connectivity index (χ3v) is 3.37. The summed E-state index contributed by atoms with van der Waals surface area (Å²) >= 11 is 0. The topological polar surface area (TPSA) is 78.0 Å². The van der Waals surface area contributed by atoms with Crippen LogP contribution in [-0.4, -0.2) is 24.5 Å². The molecule has 2 aromatic rings. The molecular formula is C11H13N3O2S. The van der Waals surface area contributed by atoms with Gasteiger partial charge in [-0.2, -0.15) is 0 Å². The minimum Gasteiger partial charge on any atom is -0.382 e. The fourth-order valence-corrected chi connectivity index (χ4v) is 2.39. The molecule has 0 unspecified atom stereocenters. The fourth-order valence-electron chi connectivity index (χ4n) is 1.59. The number of nitrogens with two attached hydrogens (primary N) is 1. The van der Waals surface area contributed by atoms with Gasteiger partial charge >= 0.3 is 0 Å². The van der Waals surface area contributed by atoms with Crippen molar-refractivity contribution in [3.8, 4) is 5.69 Å². The maximum atomic E-state index is 11.6. The maximum absolute atomic E-state index is 11.6. The van der Waals surface area contributed by atoms with Crippen LogP contribution in [0.3, 0.4) is 0 Å². The van der Waals surface area contributed by atoms with Crippen molar-refractivity contribution in [3.05, 3.63) is 35.9 Å². The Morgan fingerprint density at radius 3 is 2.59 bits per heavy atom. The number of aryl methyl sites for hydroxylation is 1. The van der Waals surface area contributed by atoms with Gasteiger partial charge in [0.2, 0.25) is 0 Å². The van der Waals surface area contributed by atoms with Gasteiger partial charge in [-0.05, 0) is 24.6 Å². The van der Waals surface area contributed by atoms with Gasteiger partial charge in [-0.3, -0.25) is 0 Å². The Kier molecular flexibility index (Phi) is 2.66. The second-order valence-corrected chi connectivity index (χ2v) is 5.89. The number of hydrogen-bond donors (Lipinski definition) is 1. The normalized spacial score (nSPS) is 11.6. The summed E-state index contributed by atoms with van der Waals surface area (Å²) in [4.78, 5) is 0. The summed E-state index contributed by atoms with van der Waals surface area (Å²) in [5.41, 5.74) is 7.26. The van der Waals surface area contributed by atoms with E-state index in [4.69, 9.17) is 5.73 Å². The molecule has 90 valence electrons. The van der Waals surface area contributed by atoms with Gasteiger partial charge in [0.25, 0.3) is 0 Å². The van der Waals surface area contributed by atoms with Gasteiger partial charge < -0.3 is 5.73 Å². The van der Waals surface area contributed by atoms with E-state index >= 15 is 0 Å². The molecule has 0 saturated carbocycles. The van der Waals surface area contributed by atoms with Crippen LogP contribution in [0, 0.1) is 6.92 Å². The van der Waals surface area contributed by atoms with Crippen LogP contribution in [0.4, 0.5) is 5.82 Å². The molecule has 2 rings (SSSR count). The quantitative estimate of drug-likeness (QED) is 0.869. The molecule has 1 aromatic heterocycles. The minimum atomic E-state index is -3.35. The number of hydrogen-bond acceptors (Lipinski definition) is 4. The number of benzene rings is 1. The Bertz CT molecular complexity index is 659. The second-order valence-electron chi connectivity index (χ2n) is 3.93. The fraction of sp³-hybridized carbons (Fsp3) is 0.182. The first-order valence-corrected chi connectivity index (χ1v) is 6.90. The van der Waals surface area contributed by atoms with E-state index in [-0.39, 0.29) is 10.8 Å². The minimum absolute atomic E-state index is 0.0978. The van der Waals surface area contributed by atoms with Gasteiger partial charge in [0.05, 0.1) is 5.69 Å². The highest BCUT2D eigenvalue weighted by molar-refractivity contribution is 7.90. The van der Waals surface area contributed by atoms with Crippen molar-refractivity contribution in [1.82, 2.24) is 9.78 Å². The number of anilines is 1. The summed E-state index contributed by atoms with van der Waals surface area (Å²) in [7, 11) is -3.35. The van der Waals surface area contributed by atoms with Crippen molar-refractivity contribution in [2.75, 3.05) is 12.0 Å². The summed E-state index contributed by atoms with van der Waals surface area (Å²) in [6.45, 7) is 1.93. The van der Waals surface area contributed by atoms with Crippen LogP contribution in [0.25, 0.3) is 5.69 Å². The lowest BCUT2D eigenvalue weighted by Crippen LogP contribution is -2.07. The molecule has 0 atom stereocenters. The molecule has 0 bridgehead atoms. The Morgan fingerprint density at radius 2 is 2.00 bits per heavy atom. The highest BCUT2D eigenvalue weighted by atomic mass is 32.2. The zero-order chi connectivity index (χ0) is 12.6. The summed E-state index contributed by atoms with van der Waals surface area (Å²) in [5.74, 6) is 0.187. The van der Waals surface area contributed by atoms with Gasteiger partial charge in [0.15, 0.2) is 14.9 Å². The van der Waals surface area contributed by atoms with Crippen LogP contribution >= 0.6 is 0 Å². The van der Waals surface area contributed by atoms with E-state index in [0.717, 1.165) is 11.8 Å². The highest BCUT2D eigenvalue weighted by Crippen LogP contribution is 2.19. The molecule has 0 saturated heterocycles. The number of nitrogens with zero attached hydrogens (tertiary/aromatic N) is 2. The van der Waals surface area contributed by atoms with E-state index in [1.165, 1.54) is 10.7 Å². The predicted octanol–water partition coefficient (Wildman–Crippen LogP) is 1.17. The largest absolute Gasteiger partial charge is 0.382 e. The lowest BCUT2D eigenvalue weighted by Gasteiger charge is -2.06. The molecule has 2 N–H and O–H groups in total. The maximum Gasteiger partial charge on any atom is 0.192 e. The molecule has 0 spiro atoms. The van der Waals surface area contributed by atoms with Crippen molar-refractivity contribution in [3.63, 3.8) is 0 Å². The van der Waals surface area contributed by atoms with E-state index < -0.39 is 9.84 Å². The summed E-state index contributed by atoms with van der Waals surface area (Å²) in [5, 5.41) is 4.10. The van der Waals surface area contributed by atoms with Crippen molar-refractivity contribution in [1.29, 1.82) is 0 Å².